The van der Waals surface area contributed by atoms with Crippen molar-refractivity contribution in [3.05, 3.63) is 71.3 Å². The van der Waals surface area contributed by atoms with Gasteiger partial charge in [0.25, 0.3) is 0 Å². The molecule has 26 heavy (non-hydrogen) atoms. The van der Waals surface area contributed by atoms with E-state index in [2.05, 4.69) is 24.3 Å². The molecule has 4 heteroatoms. The van der Waals surface area contributed by atoms with Crippen LogP contribution in [0.15, 0.2) is 54.6 Å². The van der Waals surface area contributed by atoms with E-state index in [9.17, 15) is 14.7 Å². The van der Waals surface area contributed by atoms with Crippen LogP contribution in [0.1, 0.15) is 53.1 Å². The zero-order valence-electron chi connectivity index (χ0n) is 14.9. The first-order valence-corrected chi connectivity index (χ1v) is 9.29. The van der Waals surface area contributed by atoms with Crippen molar-refractivity contribution in [1.82, 2.24) is 4.90 Å². The monoisotopic (exact) mass is 351 g/mol. The van der Waals surface area contributed by atoms with Gasteiger partial charge in [-0.05, 0) is 48.8 Å². The number of carbonyl (C=O) groups is 2. The van der Waals surface area contributed by atoms with Crippen LogP contribution in [0.2, 0.25) is 0 Å². The summed E-state index contributed by atoms with van der Waals surface area (Å²) in [6, 6.07) is 17.5. The van der Waals surface area contributed by atoms with Crippen molar-refractivity contribution in [3.63, 3.8) is 0 Å². The number of aromatic carboxylic acids is 1. The van der Waals surface area contributed by atoms with Gasteiger partial charge in [0, 0.05) is 19.5 Å². The highest BCUT2D eigenvalue weighted by Crippen LogP contribution is 2.28. The van der Waals surface area contributed by atoms with Crippen molar-refractivity contribution in [2.75, 3.05) is 13.1 Å². The number of hydrogen-bond donors (Lipinski definition) is 1. The molecule has 4 nitrogen and oxygen atoms in total. The first-order valence-electron chi connectivity index (χ1n) is 9.29. The summed E-state index contributed by atoms with van der Waals surface area (Å²) in [6.45, 7) is 1.57. The highest BCUT2D eigenvalue weighted by atomic mass is 16.4. The second-order valence-electron chi connectivity index (χ2n) is 6.88. The van der Waals surface area contributed by atoms with E-state index in [0.717, 1.165) is 37.9 Å². The minimum absolute atomic E-state index is 0.124. The van der Waals surface area contributed by atoms with Gasteiger partial charge in [-0.25, -0.2) is 4.79 Å². The van der Waals surface area contributed by atoms with Crippen LogP contribution >= 0.6 is 0 Å². The standard InChI is InChI=1S/C22H25NO3/c24-21(13-12-19-9-4-5-11-20(19)22(25)26)23-15-6-10-18(14-16-23)17-7-2-1-3-8-17/h1-5,7-9,11,18H,6,10,12-16H2,(H,25,26). The number of rotatable bonds is 5. The topological polar surface area (TPSA) is 57.6 Å². The van der Waals surface area contributed by atoms with E-state index in [4.69, 9.17) is 0 Å². The quantitative estimate of drug-likeness (QED) is 0.882. The molecule has 0 spiro atoms. The molecule has 1 aliphatic heterocycles. The average Bonchev–Trinajstić information content (AvgIpc) is 2.93. The van der Waals surface area contributed by atoms with Crippen LogP contribution in [-0.4, -0.2) is 35.0 Å². The second kappa shape index (κ2) is 8.65. The maximum atomic E-state index is 12.6. The maximum absolute atomic E-state index is 12.6. The van der Waals surface area contributed by atoms with Gasteiger partial charge in [0.1, 0.15) is 0 Å². The van der Waals surface area contributed by atoms with Crippen LogP contribution < -0.4 is 0 Å². The number of amides is 1. The van der Waals surface area contributed by atoms with E-state index in [1.807, 2.05) is 17.0 Å². The SMILES string of the molecule is O=C(O)c1ccccc1CCC(=O)N1CCCC(c2ccccc2)CC1. The Morgan fingerprint density at radius 1 is 0.962 bits per heavy atom. The lowest BCUT2D eigenvalue weighted by Gasteiger charge is -2.21. The molecule has 0 aliphatic carbocycles. The molecule has 1 saturated heterocycles. The molecule has 0 saturated carbocycles. The Kier molecular flexibility index (Phi) is 6.05. The molecular weight excluding hydrogens is 326 g/mol. The van der Waals surface area contributed by atoms with Gasteiger partial charge < -0.3 is 10.0 Å². The molecule has 0 radical (unpaired) electrons. The van der Waals surface area contributed by atoms with E-state index in [-0.39, 0.29) is 5.91 Å². The largest absolute Gasteiger partial charge is 0.478 e. The molecule has 1 aliphatic rings. The van der Waals surface area contributed by atoms with Crippen molar-refractivity contribution in [1.29, 1.82) is 0 Å². The predicted molar refractivity (Wildman–Crippen MR) is 101 cm³/mol. The molecule has 1 amide bonds. The lowest BCUT2D eigenvalue weighted by atomic mass is 9.92. The molecule has 136 valence electrons. The van der Waals surface area contributed by atoms with Crippen LogP contribution in [0, 0.1) is 0 Å². The summed E-state index contributed by atoms with van der Waals surface area (Å²) in [6.07, 6.45) is 3.94. The molecule has 1 N–H and O–H groups in total. The Balaban J connectivity index is 1.57. The molecule has 1 unspecified atom stereocenters. The van der Waals surface area contributed by atoms with Gasteiger partial charge in [0.05, 0.1) is 5.56 Å². The zero-order valence-corrected chi connectivity index (χ0v) is 14.9. The van der Waals surface area contributed by atoms with E-state index in [1.54, 1.807) is 18.2 Å². The summed E-state index contributed by atoms with van der Waals surface area (Å²) in [4.78, 5) is 25.9. The number of hydrogen-bond acceptors (Lipinski definition) is 2. The number of carbonyl (C=O) groups excluding carboxylic acids is 1. The third-order valence-electron chi connectivity index (χ3n) is 5.21. The van der Waals surface area contributed by atoms with E-state index < -0.39 is 5.97 Å². The molecule has 2 aromatic rings. The smallest absolute Gasteiger partial charge is 0.335 e. The second-order valence-corrected chi connectivity index (χ2v) is 6.88. The van der Waals surface area contributed by atoms with Gasteiger partial charge in [-0.2, -0.15) is 0 Å². The first-order chi connectivity index (χ1) is 12.6. The Hall–Kier alpha value is -2.62. The summed E-state index contributed by atoms with van der Waals surface area (Å²) in [5, 5.41) is 9.26. The Morgan fingerprint density at radius 2 is 1.69 bits per heavy atom. The van der Waals surface area contributed by atoms with Crippen molar-refractivity contribution >= 4 is 11.9 Å². The Labute approximate surface area is 154 Å². The first kappa shape index (κ1) is 18.2. The van der Waals surface area contributed by atoms with E-state index >= 15 is 0 Å². The summed E-state index contributed by atoms with van der Waals surface area (Å²) in [5.41, 5.74) is 2.38. The van der Waals surface area contributed by atoms with Crippen LogP contribution in [0.4, 0.5) is 0 Å². The number of likely N-dealkylation sites (tertiary alicyclic amines) is 1. The number of aryl methyl sites for hydroxylation is 1. The lowest BCUT2D eigenvalue weighted by Crippen LogP contribution is -2.32. The fraction of sp³-hybridized carbons (Fsp3) is 0.364. The Bertz CT molecular complexity index is 757. The highest BCUT2D eigenvalue weighted by Gasteiger charge is 2.21. The van der Waals surface area contributed by atoms with Crippen LogP contribution in [0.5, 0.6) is 0 Å². The highest BCUT2D eigenvalue weighted by molar-refractivity contribution is 5.89. The van der Waals surface area contributed by atoms with Crippen LogP contribution in [0.3, 0.4) is 0 Å². The van der Waals surface area contributed by atoms with E-state index in [0.29, 0.717) is 24.3 Å². The maximum Gasteiger partial charge on any atom is 0.335 e. The molecule has 2 aromatic carbocycles. The summed E-state index contributed by atoms with van der Waals surface area (Å²) < 4.78 is 0. The minimum Gasteiger partial charge on any atom is -0.478 e. The van der Waals surface area contributed by atoms with Gasteiger partial charge in [0.2, 0.25) is 5.91 Å². The normalized spacial score (nSPS) is 17.5. The van der Waals surface area contributed by atoms with Gasteiger partial charge in [-0.1, -0.05) is 48.5 Å². The van der Waals surface area contributed by atoms with Gasteiger partial charge in [-0.15, -0.1) is 0 Å². The van der Waals surface area contributed by atoms with Gasteiger partial charge in [-0.3, -0.25) is 4.79 Å². The van der Waals surface area contributed by atoms with Crippen LogP contribution in [0.25, 0.3) is 0 Å². The number of benzene rings is 2. The summed E-state index contributed by atoms with van der Waals surface area (Å²) in [5.74, 6) is -0.297. The fourth-order valence-corrected chi connectivity index (χ4v) is 3.75. The third kappa shape index (κ3) is 4.51. The van der Waals surface area contributed by atoms with Crippen molar-refractivity contribution < 1.29 is 14.7 Å². The molecule has 0 bridgehead atoms. The number of carboxylic acids is 1. The molecule has 0 aromatic heterocycles. The molecule has 3 rings (SSSR count). The third-order valence-corrected chi connectivity index (χ3v) is 5.21. The molecule has 1 heterocycles. The number of carboxylic acid groups (broad SMARTS) is 1. The Morgan fingerprint density at radius 3 is 2.46 bits per heavy atom. The molecule has 1 fully saturated rings. The predicted octanol–water partition coefficient (Wildman–Crippen LogP) is 4.11. The van der Waals surface area contributed by atoms with Gasteiger partial charge in [0.15, 0.2) is 0 Å². The van der Waals surface area contributed by atoms with Crippen molar-refractivity contribution in [2.45, 2.75) is 38.0 Å². The summed E-state index contributed by atoms with van der Waals surface area (Å²) in [7, 11) is 0. The van der Waals surface area contributed by atoms with Crippen molar-refractivity contribution in [3.8, 4) is 0 Å². The van der Waals surface area contributed by atoms with Crippen LogP contribution in [-0.2, 0) is 11.2 Å². The molecular formula is C22H25NO3. The average molecular weight is 351 g/mol. The van der Waals surface area contributed by atoms with E-state index in [1.165, 1.54) is 5.56 Å². The molecule has 1 atom stereocenters. The number of nitrogens with zero attached hydrogens (tertiary/aromatic N) is 1. The minimum atomic E-state index is -0.937. The lowest BCUT2D eigenvalue weighted by molar-refractivity contribution is -0.131. The zero-order chi connectivity index (χ0) is 18.4. The van der Waals surface area contributed by atoms with Crippen molar-refractivity contribution in [2.24, 2.45) is 0 Å². The summed E-state index contributed by atoms with van der Waals surface area (Å²) >= 11 is 0. The van der Waals surface area contributed by atoms with Gasteiger partial charge >= 0.3 is 5.97 Å². The fourth-order valence-electron chi connectivity index (χ4n) is 3.75.